The first-order valence-electron chi connectivity index (χ1n) is 5.76. The van der Waals surface area contributed by atoms with Crippen molar-refractivity contribution in [2.45, 2.75) is 6.92 Å². The van der Waals surface area contributed by atoms with E-state index in [0.29, 0.717) is 5.56 Å². The molecule has 0 radical (unpaired) electrons. The van der Waals surface area contributed by atoms with Crippen molar-refractivity contribution in [2.75, 3.05) is 5.01 Å². The molecule has 0 atom stereocenters. The highest BCUT2D eigenvalue weighted by Crippen LogP contribution is 2.16. The van der Waals surface area contributed by atoms with E-state index in [1.54, 1.807) is 25.3 Å². The Bertz CT molecular complexity index is 535. The van der Waals surface area contributed by atoms with Gasteiger partial charge in [-0.3, -0.25) is 4.79 Å². The number of rotatable bonds is 3. The molecule has 0 saturated carbocycles. The molecule has 0 aliphatic carbocycles. The molecule has 90 valence electrons. The lowest BCUT2D eigenvalue weighted by atomic mass is 10.2. The minimum Gasteiger partial charge on any atom is -0.267 e. The second-order valence-electron chi connectivity index (χ2n) is 3.69. The smallest absolute Gasteiger partial charge is 0.267 e. The van der Waals surface area contributed by atoms with Crippen molar-refractivity contribution in [1.29, 1.82) is 0 Å². The zero-order valence-corrected chi connectivity index (χ0v) is 10.2. The molecule has 0 spiro atoms. The molecule has 2 aromatic carbocycles. The molecule has 0 saturated heterocycles. The molecule has 0 aliphatic rings. The van der Waals surface area contributed by atoms with Gasteiger partial charge in [0.25, 0.3) is 5.91 Å². The lowest BCUT2D eigenvalue weighted by Gasteiger charge is -2.16. The Morgan fingerprint density at radius 3 is 2.11 bits per heavy atom. The number of anilines is 1. The minimum atomic E-state index is -0.139. The van der Waals surface area contributed by atoms with Gasteiger partial charge in [-0.2, -0.15) is 10.1 Å². The van der Waals surface area contributed by atoms with Gasteiger partial charge in [-0.25, -0.2) is 0 Å². The average molecular weight is 238 g/mol. The monoisotopic (exact) mass is 238 g/mol. The van der Waals surface area contributed by atoms with Gasteiger partial charge < -0.3 is 0 Å². The summed E-state index contributed by atoms with van der Waals surface area (Å²) in [5, 5.41) is 5.53. The molecular weight excluding hydrogens is 224 g/mol. The minimum absolute atomic E-state index is 0.139. The van der Waals surface area contributed by atoms with E-state index in [-0.39, 0.29) is 5.91 Å². The van der Waals surface area contributed by atoms with Crippen molar-refractivity contribution in [1.82, 2.24) is 0 Å². The fourth-order valence-electron chi connectivity index (χ4n) is 1.62. The summed E-state index contributed by atoms with van der Waals surface area (Å²) in [7, 11) is 0. The lowest BCUT2D eigenvalue weighted by molar-refractivity contribution is 0.0988. The van der Waals surface area contributed by atoms with E-state index in [1.807, 2.05) is 48.5 Å². The number of nitrogens with zero attached hydrogens (tertiary/aromatic N) is 2. The third kappa shape index (κ3) is 2.63. The van der Waals surface area contributed by atoms with Gasteiger partial charge in [-0.15, -0.1) is 0 Å². The highest BCUT2D eigenvalue weighted by molar-refractivity contribution is 6.06. The standard InChI is InChI=1S/C15H14N2O/c1-2-16-17(14-11-7-4-8-12-14)15(18)13-9-5-3-6-10-13/h2-12H,1H3/b16-2-. The quantitative estimate of drug-likeness (QED) is 0.596. The maximum absolute atomic E-state index is 12.3. The number of amides is 1. The number of benzene rings is 2. The topological polar surface area (TPSA) is 32.7 Å². The molecule has 0 bridgehead atoms. The Labute approximate surface area is 106 Å². The van der Waals surface area contributed by atoms with Gasteiger partial charge in [0.15, 0.2) is 0 Å². The van der Waals surface area contributed by atoms with Gasteiger partial charge in [-0.05, 0) is 31.2 Å². The summed E-state index contributed by atoms with van der Waals surface area (Å²) in [5.74, 6) is -0.139. The van der Waals surface area contributed by atoms with Crippen molar-refractivity contribution in [3.05, 3.63) is 66.2 Å². The Hall–Kier alpha value is -2.42. The normalized spacial score (nSPS) is 10.5. The average Bonchev–Trinajstić information content (AvgIpc) is 2.46. The first-order chi connectivity index (χ1) is 8.83. The Morgan fingerprint density at radius 2 is 1.56 bits per heavy atom. The van der Waals surface area contributed by atoms with E-state index in [0.717, 1.165) is 5.69 Å². The zero-order chi connectivity index (χ0) is 12.8. The maximum atomic E-state index is 12.3. The van der Waals surface area contributed by atoms with Crippen molar-refractivity contribution >= 4 is 17.8 Å². The van der Waals surface area contributed by atoms with E-state index in [2.05, 4.69) is 5.10 Å². The Balaban J connectivity index is 2.35. The first kappa shape index (κ1) is 12.0. The zero-order valence-electron chi connectivity index (χ0n) is 10.2. The first-order valence-corrected chi connectivity index (χ1v) is 5.76. The lowest BCUT2D eigenvalue weighted by Crippen LogP contribution is -2.25. The molecule has 2 rings (SSSR count). The third-order valence-electron chi connectivity index (χ3n) is 2.44. The summed E-state index contributed by atoms with van der Waals surface area (Å²) in [6.07, 6.45) is 1.60. The van der Waals surface area contributed by atoms with Crippen molar-refractivity contribution in [3.8, 4) is 0 Å². The highest BCUT2D eigenvalue weighted by atomic mass is 16.2. The van der Waals surface area contributed by atoms with Crippen molar-refractivity contribution < 1.29 is 4.79 Å². The van der Waals surface area contributed by atoms with Crippen LogP contribution >= 0.6 is 0 Å². The number of hydrogen-bond donors (Lipinski definition) is 0. The largest absolute Gasteiger partial charge is 0.278 e. The molecule has 0 fully saturated rings. The Kier molecular flexibility index (Phi) is 3.86. The fraction of sp³-hybridized carbons (Fsp3) is 0.0667. The van der Waals surface area contributed by atoms with Crippen LogP contribution in [-0.2, 0) is 0 Å². The molecule has 0 unspecified atom stereocenters. The summed E-state index contributed by atoms with van der Waals surface area (Å²) < 4.78 is 0. The number of carbonyl (C=O) groups excluding carboxylic acids is 1. The van der Waals surface area contributed by atoms with Crippen LogP contribution in [0.5, 0.6) is 0 Å². The van der Waals surface area contributed by atoms with E-state index in [4.69, 9.17) is 0 Å². The molecule has 0 heterocycles. The highest BCUT2D eigenvalue weighted by Gasteiger charge is 2.15. The van der Waals surface area contributed by atoms with Crippen LogP contribution in [0.4, 0.5) is 5.69 Å². The van der Waals surface area contributed by atoms with Gasteiger partial charge in [0.05, 0.1) is 5.69 Å². The molecule has 0 N–H and O–H groups in total. The van der Waals surface area contributed by atoms with E-state index < -0.39 is 0 Å². The van der Waals surface area contributed by atoms with Crippen LogP contribution in [0.1, 0.15) is 17.3 Å². The van der Waals surface area contributed by atoms with Crippen LogP contribution in [0.15, 0.2) is 65.8 Å². The molecule has 0 aliphatic heterocycles. The SMILES string of the molecule is C/C=N\N(C(=O)c1ccccc1)c1ccccc1. The predicted octanol–water partition coefficient (Wildman–Crippen LogP) is 3.34. The summed E-state index contributed by atoms with van der Waals surface area (Å²) in [6.45, 7) is 1.79. The van der Waals surface area contributed by atoms with Crippen LogP contribution < -0.4 is 5.01 Å². The Morgan fingerprint density at radius 1 is 1.00 bits per heavy atom. The predicted molar refractivity (Wildman–Crippen MR) is 73.9 cm³/mol. The van der Waals surface area contributed by atoms with E-state index >= 15 is 0 Å². The van der Waals surface area contributed by atoms with Gasteiger partial charge in [-0.1, -0.05) is 36.4 Å². The molecule has 3 nitrogen and oxygen atoms in total. The summed E-state index contributed by atoms with van der Waals surface area (Å²) in [6, 6.07) is 18.5. The second kappa shape index (κ2) is 5.77. The number of carbonyl (C=O) groups is 1. The molecular formula is C15H14N2O. The molecule has 2 aromatic rings. The van der Waals surface area contributed by atoms with E-state index in [9.17, 15) is 4.79 Å². The molecule has 0 aromatic heterocycles. The van der Waals surface area contributed by atoms with Crippen molar-refractivity contribution in [3.63, 3.8) is 0 Å². The fourth-order valence-corrected chi connectivity index (χ4v) is 1.62. The molecule has 1 amide bonds. The molecule has 3 heteroatoms. The summed E-state index contributed by atoms with van der Waals surface area (Å²) in [4.78, 5) is 12.3. The maximum Gasteiger partial charge on any atom is 0.278 e. The summed E-state index contributed by atoms with van der Waals surface area (Å²) >= 11 is 0. The van der Waals surface area contributed by atoms with Crippen LogP contribution in [0.3, 0.4) is 0 Å². The number of hydrazone groups is 1. The number of para-hydroxylation sites is 1. The van der Waals surface area contributed by atoms with Gasteiger partial charge in [0.2, 0.25) is 0 Å². The second-order valence-corrected chi connectivity index (χ2v) is 3.69. The van der Waals surface area contributed by atoms with Crippen molar-refractivity contribution in [2.24, 2.45) is 5.10 Å². The van der Waals surface area contributed by atoms with Gasteiger partial charge >= 0.3 is 0 Å². The number of hydrogen-bond acceptors (Lipinski definition) is 2. The molecule has 18 heavy (non-hydrogen) atoms. The van der Waals surface area contributed by atoms with Crippen LogP contribution in [0.2, 0.25) is 0 Å². The van der Waals surface area contributed by atoms with Gasteiger partial charge in [0, 0.05) is 11.8 Å². The third-order valence-corrected chi connectivity index (χ3v) is 2.44. The summed E-state index contributed by atoms with van der Waals surface area (Å²) in [5.41, 5.74) is 1.37. The van der Waals surface area contributed by atoms with Gasteiger partial charge in [0.1, 0.15) is 0 Å². The van der Waals surface area contributed by atoms with Crippen LogP contribution in [-0.4, -0.2) is 12.1 Å². The van der Waals surface area contributed by atoms with E-state index in [1.165, 1.54) is 5.01 Å². The van der Waals surface area contributed by atoms with Crippen LogP contribution in [0, 0.1) is 0 Å². The van der Waals surface area contributed by atoms with Crippen LogP contribution in [0.25, 0.3) is 0 Å².